The van der Waals surface area contributed by atoms with Gasteiger partial charge < -0.3 is 33.8 Å². The van der Waals surface area contributed by atoms with Crippen LogP contribution in [0.1, 0.15) is 441 Å². The zero-order valence-corrected chi connectivity index (χ0v) is 70.5. The minimum Gasteiger partial charge on any atom is -0.462 e. The molecule has 0 heterocycles. The third-order valence-electron chi connectivity index (χ3n) is 20.2. The van der Waals surface area contributed by atoms with Gasteiger partial charge in [0.15, 0.2) is 12.2 Å². The van der Waals surface area contributed by atoms with Crippen molar-refractivity contribution in [3.8, 4) is 0 Å². The summed E-state index contributed by atoms with van der Waals surface area (Å²) >= 11 is 0. The Bertz CT molecular complexity index is 2030. The minimum absolute atomic E-state index is 0.107. The van der Waals surface area contributed by atoms with Gasteiger partial charge in [0, 0.05) is 25.7 Å². The molecule has 6 atom stereocenters. The van der Waals surface area contributed by atoms with Crippen LogP contribution in [0.3, 0.4) is 0 Å². The van der Waals surface area contributed by atoms with Crippen LogP contribution in [-0.4, -0.2) is 96.7 Å². The van der Waals surface area contributed by atoms with E-state index in [4.69, 9.17) is 37.0 Å². The Morgan fingerprint density at radius 3 is 0.683 bits per heavy atom. The number of hydrogen-bond donors (Lipinski definition) is 3. The quantitative estimate of drug-likeness (QED) is 0.0222. The van der Waals surface area contributed by atoms with Crippen molar-refractivity contribution in [3.05, 3.63) is 0 Å². The van der Waals surface area contributed by atoms with E-state index in [1.807, 2.05) is 0 Å². The first-order chi connectivity index (χ1) is 50.1. The van der Waals surface area contributed by atoms with Crippen LogP contribution in [0.2, 0.25) is 0 Å². The zero-order chi connectivity index (χ0) is 76.7. The average molecular weight is 1520 g/mol. The molecule has 0 aromatic rings. The Hall–Kier alpha value is -1.94. The molecule has 0 saturated carbocycles. The Kier molecular flexibility index (Phi) is 72.5. The van der Waals surface area contributed by atoms with Gasteiger partial charge in [-0.15, -0.1) is 0 Å². The molecule has 3 N–H and O–H groups in total. The molecule has 0 fully saturated rings. The fourth-order valence-electron chi connectivity index (χ4n) is 13.1. The van der Waals surface area contributed by atoms with E-state index in [-0.39, 0.29) is 25.7 Å². The summed E-state index contributed by atoms with van der Waals surface area (Å²) in [4.78, 5) is 73.2. The second-order valence-electron chi connectivity index (χ2n) is 32.2. The van der Waals surface area contributed by atoms with Crippen molar-refractivity contribution in [3.63, 3.8) is 0 Å². The van der Waals surface area contributed by atoms with E-state index in [1.54, 1.807) is 0 Å². The van der Waals surface area contributed by atoms with Crippen molar-refractivity contribution in [1.82, 2.24) is 0 Å². The second-order valence-corrected chi connectivity index (χ2v) is 35.2. The molecule has 618 valence electrons. The second kappa shape index (κ2) is 73.8. The van der Waals surface area contributed by atoms with Crippen LogP contribution >= 0.6 is 15.6 Å². The summed E-state index contributed by atoms with van der Waals surface area (Å²) in [5.74, 6) is 1.05. The molecule has 0 aliphatic carbocycles. The third-order valence-corrected chi connectivity index (χ3v) is 22.1. The highest BCUT2D eigenvalue weighted by Gasteiger charge is 2.30. The van der Waals surface area contributed by atoms with Crippen molar-refractivity contribution in [2.45, 2.75) is 459 Å². The molecule has 0 radical (unpaired) electrons. The highest BCUT2D eigenvalue weighted by molar-refractivity contribution is 7.47. The van der Waals surface area contributed by atoms with Crippen LogP contribution in [-0.2, 0) is 65.4 Å². The van der Waals surface area contributed by atoms with Gasteiger partial charge >= 0.3 is 39.5 Å². The van der Waals surface area contributed by atoms with Gasteiger partial charge in [0.2, 0.25) is 0 Å². The van der Waals surface area contributed by atoms with E-state index in [9.17, 15) is 43.2 Å². The zero-order valence-electron chi connectivity index (χ0n) is 68.7. The lowest BCUT2D eigenvalue weighted by Crippen LogP contribution is -2.30. The molecule has 0 aromatic heterocycles. The van der Waals surface area contributed by atoms with Gasteiger partial charge in [-0.2, -0.15) is 0 Å². The largest absolute Gasteiger partial charge is 0.472 e. The van der Waals surface area contributed by atoms with Gasteiger partial charge in [-0.05, 0) is 49.4 Å². The fraction of sp³-hybridized carbons (Fsp3) is 0.953. The summed E-state index contributed by atoms with van der Waals surface area (Å²) in [6.45, 7) is 14.3. The summed E-state index contributed by atoms with van der Waals surface area (Å²) in [7, 11) is -9.93. The molecule has 17 nitrogen and oxygen atoms in total. The molecule has 0 aliphatic heterocycles. The highest BCUT2D eigenvalue weighted by atomic mass is 31.2. The number of hydrogen-bond acceptors (Lipinski definition) is 15. The van der Waals surface area contributed by atoms with Crippen LogP contribution in [0.25, 0.3) is 0 Å². The molecule has 4 unspecified atom stereocenters. The number of carbonyl (C=O) groups excluding carboxylic acids is 4. The molecule has 19 heteroatoms. The van der Waals surface area contributed by atoms with Crippen molar-refractivity contribution in [2.75, 3.05) is 39.6 Å². The SMILES string of the molecule is CCC(C)CCCCCCCCCCCCCCCCC(=O)O[C@H](COC(=O)CCCCCCCCCCCCCCCCCCC(C)C)COP(=O)(O)OCC(O)COP(=O)(O)OC[C@@H](COC(=O)CCCCCCCCCC(C)C)OC(=O)CCCCCCCCCCCCCCCCC(C)C. The van der Waals surface area contributed by atoms with Gasteiger partial charge in [0.05, 0.1) is 26.4 Å². The average Bonchev–Trinajstić information content (AvgIpc) is 0.904. The summed E-state index contributed by atoms with van der Waals surface area (Å²) in [5, 5.41) is 10.7. The molecule has 0 bridgehead atoms. The summed E-state index contributed by atoms with van der Waals surface area (Å²) < 4.78 is 68.9. The van der Waals surface area contributed by atoms with E-state index >= 15 is 0 Å². The van der Waals surface area contributed by atoms with Crippen LogP contribution < -0.4 is 0 Å². The number of carbonyl (C=O) groups is 4. The minimum atomic E-state index is -4.97. The lowest BCUT2D eigenvalue weighted by Gasteiger charge is -2.21. The maximum atomic E-state index is 13.1. The van der Waals surface area contributed by atoms with Crippen LogP contribution in [0.5, 0.6) is 0 Å². The molecule has 0 saturated heterocycles. The monoisotopic (exact) mass is 1520 g/mol. The Morgan fingerprint density at radius 1 is 0.269 bits per heavy atom. The summed E-state index contributed by atoms with van der Waals surface area (Å²) in [6, 6.07) is 0. The first-order valence-corrected chi connectivity index (χ1v) is 46.7. The predicted octanol–water partition coefficient (Wildman–Crippen LogP) is 25.6. The molecule has 0 aromatic carbocycles. The molecule has 0 aliphatic rings. The van der Waals surface area contributed by atoms with Crippen molar-refractivity contribution >= 4 is 39.5 Å². The first-order valence-electron chi connectivity index (χ1n) is 43.7. The fourth-order valence-corrected chi connectivity index (χ4v) is 14.7. The number of ether oxygens (including phenoxy) is 4. The topological polar surface area (TPSA) is 237 Å². The Morgan fingerprint density at radius 2 is 0.462 bits per heavy atom. The third kappa shape index (κ3) is 76.8. The molecule has 0 amide bonds. The van der Waals surface area contributed by atoms with E-state index in [1.165, 1.54) is 238 Å². The summed E-state index contributed by atoms with van der Waals surface area (Å²) in [5.41, 5.74) is 0. The van der Waals surface area contributed by atoms with Gasteiger partial charge in [-0.1, -0.05) is 389 Å². The van der Waals surface area contributed by atoms with Gasteiger partial charge in [0.1, 0.15) is 19.3 Å². The first kappa shape index (κ1) is 102. The normalized spacial score (nSPS) is 14.2. The van der Waals surface area contributed by atoms with Crippen molar-refractivity contribution in [2.24, 2.45) is 23.7 Å². The van der Waals surface area contributed by atoms with Crippen LogP contribution in [0, 0.1) is 23.7 Å². The van der Waals surface area contributed by atoms with E-state index in [2.05, 4.69) is 55.4 Å². The number of rotatable bonds is 82. The summed E-state index contributed by atoms with van der Waals surface area (Å²) in [6.07, 6.45) is 62.5. The number of aliphatic hydroxyl groups is 1. The number of phosphoric ester groups is 2. The number of aliphatic hydroxyl groups excluding tert-OH is 1. The Labute approximate surface area is 638 Å². The van der Waals surface area contributed by atoms with E-state index in [0.29, 0.717) is 31.6 Å². The lowest BCUT2D eigenvalue weighted by atomic mass is 9.99. The van der Waals surface area contributed by atoms with Gasteiger partial charge in [-0.3, -0.25) is 37.3 Å². The number of esters is 4. The van der Waals surface area contributed by atoms with Crippen molar-refractivity contribution < 1.29 is 80.2 Å². The molecular weight excluding hydrogens is 1350 g/mol. The Balaban J connectivity index is 5.24. The molecule has 0 spiro atoms. The van der Waals surface area contributed by atoms with Gasteiger partial charge in [-0.25, -0.2) is 9.13 Å². The van der Waals surface area contributed by atoms with Crippen molar-refractivity contribution in [1.29, 1.82) is 0 Å². The predicted molar refractivity (Wildman–Crippen MR) is 428 cm³/mol. The van der Waals surface area contributed by atoms with Gasteiger partial charge in [0.25, 0.3) is 0 Å². The maximum Gasteiger partial charge on any atom is 0.472 e. The van der Waals surface area contributed by atoms with Crippen LogP contribution in [0.4, 0.5) is 0 Å². The highest BCUT2D eigenvalue weighted by Crippen LogP contribution is 2.45. The number of phosphoric acid groups is 2. The molecular formula is C85H166O17P2. The molecule has 0 rings (SSSR count). The maximum absolute atomic E-state index is 13.1. The lowest BCUT2D eigenvalue weighted by molar-refractivity contribution is -0.161. The van der Waals surface area contributed by atoms with Crippen LogP contribution in [0.15, 0.2) is 0 Å². The smallest absolute Gasteiger partial charge is 0.462 e. The molecule has 104 heavy (non-hydrogen) atoms. The van der Waals surface area contributed by atoms with E-state index < -0.39 is 97.5 Å². The number of unbranched alkanes of at least 4 members (excludes halogenated alkanes) is 47. The van der Waals surface area contributed by atoms with E-state index in [0.717, 1.165) is 114 Å². The standard InChI is InChI=1S/C85H166O17P2/c1-9-78(8)64-56-48-40-32-26-20-15-17-23-29-35-43-52-60-67-84(89)101-80(71-95-82(87)65-57-49-41-33-27-21-13-11-10-12-18-24-30-37-45-53-61-75(2)3)73-99-103(91,92)97-69-79(86)70-98-104(93,94)100-74-81(72-96-83(88)66-58-50-44-36-39-47-55-63-77(6)7)102-85(90)68-59-51-42-34-28-22-16-14-19-25-31-38-46-54-62-76(4)5/h75-81,86H,9-74H2,1-8H3,(H,91,92)(H,93,94)/t78?,79?,80-,81-/m1/s1.